The highest BCUT2D eigenvalue weighted by Gasteiger charge is 2.64. The van der Waals surface area contributed by atoms with E-state index in [0.717, 1.165) is 19.6 Å². The van der Waals surface area contributed by atoms with Crippen LogP contribution in [0.4, 0.5) is 0 Å². The standard InChI is InChI=1S/C12H26N2O/c1-11(2)10(12(11,3)4)14-8-9(13)6-7-15-5/h9-10,14H,6-8,13H2,1-5H3. The van der Waals surface area contributed by atoms with Crippen molar-refractivity contribution in [3.05, 3.63) is 0 Å². The molecule has 1 fully saturated rings. The Morgan fingerprint density at radius 1 is 1.27 bits per heavy atom. The van der Waals surface area contributed by atoms with E-state index in [4.69, 9.17) is 10.5 Å². The van der Waals surface area contributed by atoms with Crippen LogP contribution in [0.3, 0.4) is 0 Å². The number of methoxy groups -OCH3 is 1. The van der Waals surface area contributed by atoms with Crippen LogP contribution in [0.1, 0.15) is 34.1 Å². The van der Waals surface area contributed by atoms with Gasteiger partial charge < -0.3 is 15.8 Å². The van der Waals surface area contributed by atoms with Crippen molar-refractivity contribution >= 4 is 0 Å². The molecule has 1 aliphatic carbocycles. The van der Waals surface area contributed by atoms with Gasteiger partial charge in [0.1, 0.15) is 0 Å². The van der Waals surface area contributed by atoms with Crippen LogP contribution in [0, 0.1) is 10.8 Å². The first-order chi connectivity index (χ1) is 6.84. The van der Waals surface area contributed by atoms with E-state index in [1.165, 1.54) is 0 Å². The highest BCUT2D eigenvalue weighted by atomic mass is 16.5. The maximum absolute atomic E-state index is 5.97. The summed E-state index contributed by atoms with van der Waals surface area (Å²) in [6, 6.07) is 0.802. The van der Waals surface area contributed by atoms with Crippen LogP contribution in [0.25, 0.3) is 0 Å². The number of rotatable bonds is 6. The SMILES string of the molecule is COCCC(N)CNC1C(C)(C)C1(C)C. The van der Waals surface area contributed by atoms with Gasteiger partial charge in [0.15, 0.2) is 0 Å². The molecule has 1 aliphatic rings. The zero-order valence-corrected chi connectivity index (χ0v) is 10.8. The van der Waals surface area contributed by atoms with Gasteiger partial charge in [0.2, 0.25) is 0 Å². The number of nitrogens with two attached hydrogens (primary N) is 1. The Balaban J connectivity index is 2.22. The lowest BCUT2D eigenvalue weighted by Gasteiger charge is -2.13. The highest BCUT2D eigenvalue weighted by molar-refractivity contribution is 5.17. The summed E-state index contributed by atoms with van der Waals surface area (Å²) in [6.45, 7) is 10.9. The van der Waals surface area contributed by atoms with Crippen molar-refractivity contribution in [2.75, 3.05) is 20.3 Å². The topological polar surface area (TPSA) is 47.3 Å². The Kier molecular flexibility index (Phi) is 3.80. The molecule has 1 saturated carbocycles. The molecule has 0 bridgehead atoms. The Morgan fingerprint density at radius 3 is 2.20 bits per heavy atom. The lowest BCUT2D eigenvalue weighted by molar-refractivity contribution is 0.187. The second-order valence-electron chi connectivity index (χ2n) is 5.83. The van der Waals surface area contributed by atoms with Crippen LogP contribution in [-0.4, -0.2) is 32.3 Å². The van der Waals surface area contributed by atoms with E-state index in [0.29, 0.717) is 16.9 Å². The summed E-state index contributed by atoms with van der Waals surface area (Å²) in [5.41, 5.74) is 6.76. The Bertz CT molecular complexity index is 200. The third-order valence-electron chi connectivity index (χ3n) is 4.30. The molecule has 3 heteroatoms. The predicted molar refractivity (Wildman–Crippen MR) is 63.8 cm³/mol. The molecule has 1 unspecified atom stereocenters. The molecule has 0 aromatic rings. The van der Waals surface area contributed by atoms with Gasteiger partial charge in [0.25, 0.3) is 0 Å². The van der Waals surface area contributed by atoms with Crippen molar-refractivity contribution in [1.29, 1.82) is 0 Å². The molecule has 0 saturated heterocycles. The fourth-order valence-corrected chi connectivity index (χ4v) is 2.35. The van der Waals surface area contributed by atoms with Crippen LogP contribution in [0.15, 0.2) is 0 Å². The lowest BCUT2D eigenvalue weighted by atomic mass is 10.0. The predicted octanol–water partition coefficient (Wildman–Crippen LogP) is 1.37. The minimum Gasteiger partial charge on any atom is -0.385 e. The molecule has 0 spiro atoms. The average molecular weight is 214 g/mol. The molecular weight excluding hydrogens is 188 g/mol. The fraction of sp³-hybridized carbons (Fsp3) is 1.00. The van der Waals surface area contributed by atoms with Gasteiger partial charge in [0, 0.05) is 32.3 Å². The van der Waals surface area contributed by atoms with Crippen LogP contribution < -0.4 is 11.1 Å². The van der Waals surface area contributed by atoms with Crippen molar-refractivity contribution < 1.29 is 4.74 Å². The van der Waals surface area contributed by atoms with Gasteiger partial charge in [-0.05, 0) is 17.3 Å². The van der Waals surface area contributed by atoms with Gasteiger partial charge in [-0.25, -0.2) is 0 Å². The summed E-state index contributed by atoms with van der Waals surface area (Å²) < 4.78 is 5.01. The van der Waals surface area contributed by atoms with Crippen LogP contribution in [0.5, 0.6) is 0 Å². The Hall–Kier alpha value is -0.120. The molecule has 0 aromatic heterocycles. The largest absolute Gasteiger partial charge is 0.385 e. The second-order valence-corrected chi connectivity index (χ2v) is 5.83. The average Bonchev–Trinajstić information content (AvgIpc) is 2.51. The van der Waals surface area contributed by atoms with Gasteiger partial charge >= 0.3 is 0 Å². The first-order valence-corrected chi connectivity index (χ1v) is 5.82. The maximum atomic E-state index is 5.97. The van der Waals surface area contributed by atoms with E-state index >= 15 is 0 Å². The number of hydrogen-bond acceptors (Lipinski definition) is 3. The van der Waals surface area contributed by atoms with Crippen molar-refractivity contribution in [3.63, 3.8) is 0 Å². The second kappa shape index (κ2) is 4.40. The minimum atomic E-state index is 0.206. The molecule has 15 heavy (non-hydrogen) atoms. The first kappa shape index (κ1) is 12.9. The van der Waals surface area contributed by atoms with Gasteiger partial charge in [-0.3, -0.25) is 0 Å². The summed E-state index contributed by atoms with van der Waals surface area (Å²) in [7, 11) is 1.72. The molecule has 0 radical (unpaired) electrons. The third-order valence-corrected chi connectivity index (χ3v) is 4.30. The van der Waals surface area contributed by atoms with E-state index in [9.17, 15) is 0 Å². The van der Waals surface area contributed by atoms with Crippen LogP contribution in [0.2, 0.25) is 0 Å². The lowest BCUT2D eigenvalue weighted by Crippen LogP contribution is -2.37. The van der Waals surface area contributed by atoms with Gasteiger partial charge in [-0.1, -0.05) is 27.7 Å². The summed E-state index contributed by atoms with van der Waals surface area (Å²) in [4.78, 5) is 0. The fourth-order valence-electron chi connectivity index (χ4n) is 2.35. The summed E-state index contributed by atoms with van der Waals surface area (Å²) >= 11 is 0. The summed E-state index contributed by atoms with van der Waals surface area (Å²) in [6.07, 6.45) is 0.928. The molecule has 0 heterocycles. The number of hydrogen-bond donors (Lipinski definition) is 2. The van der Waals surface area contributed by atoms with E-state index in [1.54, 1.807) is 7.11 Å². The zero-order valence-electron chi connectivity index (χ0n) is 10.8. The Labute approximate surface area is 93.8 Å². The van der Waals surface area contributed by atoms with E-state index in [2.05, 4.69) is 33.0 Å². The molecule has 1 rings (SSSR count). The smallest absolute Gasteiger partial charge is 0.0477 e. The molecular formula is C12H26N2O. The minimum absolute atomic E-state index is 0.206. The zero-order chi connectivity index (χ0) is 11.7. The monoisotopic (exact) mass is 214 g/mol. The normalized spacial score (nSPS) is 25.2. The van der Waals surface area contributed by atoms with Gasteiger partial charge in [-0.15, -0.1) is 0 Å². The molecule has 0 aliphatic heterocycles. The maximum Gasteiger partial charge on any atom is 0.0477 e. The highest BCUT2D eigenvalue weighted by Crippen LogP contribution is 2.62. The van der Waals surface area contributed by atoms with Crippen LogP contribution in [-0.2, 0) is 4.74 Å². The number of ether oxygens (including phenoxy) is 1. The van der Waals surface area contributed by atoms with Crippen LogP contribution >= 0.6 is 0 Å². The quantitative estimate of drug-likeness (QED) is 0.702. The molecule has 0 amide bonds. The molecule has 90 valence electrons. The van der Waals surface area contributed by atoms with Crippen molar-refractivity contribution in [2.24, 2.45) is 16.6 Å². The van der Waals surface area contributed by atoms with E-state index < -0.39 is 0 Å². The molecule has 3 nitrogen and oxygen atoms in total. The van der Waals surface area contributed by atoms with Crippen molar-refractivity contribution in [3.8, 4) is 0 Å². The molecule has 3 N–H and O–H groups in total. The Morgan fingerprint density at radius 2 is 1.80 bits per heavy atom. The molecule has 0 aromatic carbocycles. The van der Waals surface area contributed by atoms with Gasteiger partial charge in [0.05, 0.1) is 0 Å². The summed E-state index contributed by atoms with van der Waals surface area (Å²) in [5.74, 6) is 0. The van der Waals surface area contributed by atoms with E-state index in [1.807, 2.05) is 0 Å². The van der Waals surface area contributed by atoms with Gasteiger partial charge in [-0.2, -0.15) is 0 Å². The number of nitrogens with one attached hydrogen (secondary N) is 1. The summed E-state index contributed by atoms with van der Waals surface area (Å²) in [5, 5.41) is 3.57. The van der Waals surface area contributed by atoms with Crippen molar-refractivity contribution in [1.82, 2.24) is 5.32 Å². The third kappa shape index (κ3) is 2.52. The first-order valence-electron chi connectivity index (χ1n) is 5.82. The van der Waals surface area contributed by atoms with Crippen molar-refractivity contribution in [2.45, 2.75) is 46.2 Å². The molecule has 1 atom stereocenters. The van der Waals surface area contributed by atoms with E-state index in [-0.39, 0.29) is 6.04 Å².